The third kappa shape index (κ3) is 3.62. The molecule has 0 heterocycles. The molecule has 98 valence electrons. The van der Waals surface area contributed by atoms with Crippen LogP contribution < -0.4 is 11.5 Å². The first-order chi connectivity index (χ1) is 9.56. The third-order valence-corrected chi connectivity index (χ3v) is 3.13. The Bertz CT molecular complexity index is 707. The van der Waals surface area contributed by atoms with Gasteiger partial charge in [0, 0.05) is 11.1 Å². The summed E-state index contributed by atoms with van der Waals surface area (Å²) in [4.78, 5) is 0. The highest BCUT2D eigenvalue weighted by atomic mass is 35.5. The predicted octanol–water partition coefficient (Wildman–Crippen LogP) is 3.56. The summed E-state index contributed by atoms with van der Waals surface area (Å²) in [6, 6.07) is 10.4. The first-order valence-electron chi connectivity index (χ1n) is 5.68. The SMILES string of the molecule is Nc1ccc(C#CC#Cc2ccc(N)c(Cl)c2)cc1Cl. The molecule has 2 aromatic carbocycles. The molecule has 4 heteroatoms. The maximum atomic E-state index is 5.90. The van der Waals surface area contributed by atoms with E-state index in [1.807, 2.05) is 0 Å². The van der Waals surface area contributed by atoms with Gasteiger partial charge in [-0.15, -0.1) is 0 Å². The molecule has 0 saturated carbocycles. The Hall–Kier alpha value is -2.26. The van der Waals surface area contributed by atoms with E-state index in [-0.39, 0.29) is 0 Å². The summed E-state index contributed by atoms with van der Waals surface area (Å²) in [5.74, 6) is 11.3. The molecule has 0 amide bonds. The summed E-state index contributed by atoms with van der Waals surface area (Å²) in [7, 11) is 0. The van der Waals surface area contributed by atoms with Gasteiger partial charge in [0.05, 0.1) is 21.4 Å². The molecule has 0 spiro atoms. The Morgan fingerprint density at radius 2 is 1.10 bits per heavy atom. The number of nitrogens with two attached hydrogens (primary N) is 2. The number of halogens is 2. The third-order valence-electron chi connectivity index (χ3n) is 2.48. The van der Waals surface area contributed by atoms with E-state index >= 15 is 0 Å². The predicted molar refractivity (Wildman–Crippen MR) is 85.5 cm³/mol. The summed E-state index contributed by atoms with van der Waals surface area (Å²) in [5.41, 5.74) is 13.8. The van der Waals surface area contributed by atoms with Crippen molar-refractivity contribution in [3.63, 3.8) is 0 Å². The van der Waals surface area contributed by atoms with Gasteiger partial charge in [-0.05, 0) is 48.2 Å². The fourth-order valence-corrected chi connectivity index (χ4v) is 1.78. The van der Waals surface area contributed by atoms with E-state index in [9.17, 15) is 0 Å². The summed E-state index contributed by atoms with van der Waals surface area (Å²) in [5, 5.41) is 0.963. The fourth-order valence-electron chi connectivity index (χ4n) is 1.42. The minimum Gasteiger partial charge on any atom is -0.398 e. The number of hydrogen-bond acceptors (Lipinski definition) is 2. The lowest BCUT2D eigenvalue weighted by Crippen LogP contribution is -1.86. The Kier molecular flexibility index (Phi) is 4.43. The molecule has 0 aliphatic heterocycles. The number of rotatable bonds is 0. The summed E-state index contributed by atoms with van der Waals surface area (Å²) in [6.45, 7) is 0. The minimum atomic E-state index is 0.482. The second-order valence-corrected chi connectivity index (χ2v) is 4.79. The van der Waals surface area contributed by atoms with Gasteiger partial charge in [0.25, 0.3) is 0 Å². The molecular formula is C16H10Cl2N2. The second-order valence-electron chi connectivity index (χ2n) is 3.97. The summed E-state index contributed by atoms with van der Waals surface area (Å²) in [6.07, 6.45) is 0. The number of benzene rings is 2. The maximum absolute atomic E-state index is 5.90. The topological polar surface area (TPSA) is 52.0 Å². The first kappa shape index (κ1) is 14.2. The van der Waals surface area contributed by atoms with Gasteiger partial charge in [0.2, 0.25) is 0 Å². The van der Waals surface area contributed by atoms with Crippen LogP contribution in [0.2, 0.25) is 10.0 Å². The van der Waals surface area contributed by atoms with Gasteiger partial charge in [-0.25, -0.2) is 0 Å². The average molecular weight is 301 g/mol. The van der Waals surface area contributed by atoms with Crippen LogP contribution in [0.25, 0.3) is 0 Å². The van der Waals surface area contributed by atoms with Gasteiger partial charge in [-0.3, -0.25) is 0 Å². The molecule has 4 N–H and O–H groups in total. The molecule has 0 saturated heterocycles. The smallest absolute Gasteiger partial charge is 0.0647 e. The molecule has 0 fully saturated rings. The molecular weight excluding hydrogens is 291 g/mol. The van der Waals surface area contributed by atoms with Crippen LogP contribution in [0.3, 0.4) is 0 Å². The van der Waals surface area contributed by atoms with Crippen molar-refractivity contribution in [1.82, 2.24) is 0 Å². The van der Waals surface area contributed by atoms with Gasteiger partial charge in [-0.1, -0.05) is 35.0 Å². The van der Waals surface area contributed by atoms with E-state index in [2.05, 4.69) is 23.7 Å². The molecule has 0 atom stereocenters. The fraction of sp³-hybridized carbons (Fsp3) is 0. The standard InChI is InChI=1S/C16H10Cl2N2/c17-13-9-11(5-7-15(13)19)3-1-2-4-12-6-8-16(20)14(18)10-12/h5-10H,19-20H2. The molecule has 0 aliphatic carbocycles. The lowest BCUT2D eigenvalue weighted by molar-refractivity contribution is 1.63. The molecule has 2 aromatic rings. The average Bonchev–Trinajstić information content (AvgIpc) is 2.42. The molecule has 0 aliphatic rings. The lowest BCUT2D eigenvalue weighted by atomic mass is 10.2. The first-order valence-corrected chi connectivity index (χ1v) is 6.44. The number of hydrogen-bond donors (Lipinski definition) is 2. The van der Waals surface area contributed by atoms with Gasteiger partial charge in [0.1, 0.15) is 0 Å². The minimum absolute atomic E-state index is 0.482. The Morgan fingerprint density at radius 3 is 1.45 bits per heavy atom. The Labute approximate surface area is 127 Å². The van der Waals surface area contributed by atoms with E-state index in [4.69, 9.17) is 34.7 Å². The van der Waals surface area contributed by atoms with Crippen LogP contribution in [0.4, 0.5) is 11.4 Å². The molecule has 0 radical (unpaired) electrons. The monoisotopic (exact) mass is 300 g/mol. The molecule has 0 aromatic heterocycles. The van der Waals surface area contributed by atoms with E-state index in [1.54, 1.807) is 36.4 Å². The molecule has 2 rings (SSSR count). The normalized spacial score (nSPS) is 9.10. The zero-order chi connectivity index (χ0) is 14.5. The van der Waals surface area contributed by atoms with Crippen LogP contribution >= 0.6 is 23.2 Å². The van der Waals surface area contributed by atoms with Crippen LogP contribution in [0.5, 0.6) is 0 Å². The molecule has 0 bridgehead atoms. The van der Waals surface area contributed by atoms with Crippen LogP contribution in [0.15, 0.2) is 36.4 Å². The zero-order valence-corrected chi connectivity index (χ0v) is 11.9. The molecule has 2 nitrogen and oxygen atoms in total. The van der Waals surface area contributed by atoms with Crippen LogP contribution in [0, 0.1) is 23.7 Å². The highest BCUT2D eigenvalue weighted by Gasteiger charge is 1.96. The Morgan fingerprint density at radius 1 is 0.700 bits per heavy atom. The maximum Gasteiger partial charge on any atom is 0.0647 e. The highest BCUT2D eigenvalue weighted by Crippen LogP contribution is 2.19. The van der Waals surface area contributed by atoms with E-state index in [0.717, 1.165) is 11.1 Å². The number of nitrogen functional groups attached to an aromatic ring is 2. The van der Waals surface area contributed by atoms with Crippen molar-refractivity contribution >= 4 is 34.6 Å². The molecule has 0 unspecified atom stereocenters. The lowest BCUT2D eigenvalue weighted by Gasteiger charge is -1.96. The van der Waals surface area contributed by atoms with Crippen molar-refractivity contribution in [3.05, 3.63) is 57.6 Å². The van der Waals surface area contributed by atoms with Crippen molar-refractivity contribution in [2.75, 3.05) is 11.5 Å². The van der Waals surface area contributed by atoms with Gasteiger partial charge in [-0.2, -0.15) is 0 Å². The van der Waals surface area contributed by atoms with E-state index in [1.165, 1.54) is 0 Å². The highest BCUT2D eigenvalue weighted by molar-refractivity contribution is 6.33. The van der Waals surface area contributed by atoms with Crippen molar-refractivity contribution in [2.45, 2.75) is 0 Å². The van der Waals surface area contributed by atoms with E-state index in [0.29, 0.717) is 21.4 Å². The summed E-state index contributed by atoms with van der Waals surface area (Å²) < 4.78 is 0. The largest absolute Gasteiger partial charge is 0.398 e. The number of anilines is 2. The Balaban J connectivity index is 2.17. The van der Waals surface area contributed by atoms with Gasteiger partial charge in [0.15, 0.2) is 0 Å². The zero-order valence-electron chi connectivity index (χ0n) is 10.4. The van der Waals surface area contributed by atoms with Gasteiger partial charge < -0.3 is 11.5 Å². The summed E-state index contributed by atoms with van der Waals surface area (Å²) >= 11 is 11.8. The van der Waals surface area contributed by atoms with E-state index < -0.39 is 0 Å². The molecule has 20 heavy (non-hydrogen) atoms. The van der Waals surface area contributed by atoms with Gasteiger partial charge >= 0.3 is 0 Å². The van der Waals surface area contributed by atoms with Crippen LogP contribution in [0.1, 0.15) is 11.1 Å². The van der Waals surface area contributed by atoms with Crippen molar-refractivity contribution < 1.29 is 0 Å². The van der Waals surface area contributed by atoms with Crippen molar-refractivity contribution in [3.8, 4) is 23.7 Å². The van der Waals surface area contributed by atoms with Crippen molar-refractivity contribution in [1.29, 1.82) is 0 Å². The van der Waals surface area contributed by atoms with Crippen molar-refractivity contribution in [2.24, 2.45) is 0 Å². The quantitative estimate of drug-likeness (QED) is 0.577. The second kappa shape index (κ2) is 6.26. The van der Waals surface area contributed by atoms with Crippen LogP contribution in [-0.2, 0) is 0 Å². The van der Waals surface area contributed by atoms with Crippen LogP contribution in [-0.4, -0.2) is 0 Å².